The van der Waals surface area contributed by atoms with E-state index < -0.39 is 0 Å². The van der Waals surface area contributed by atoms with E-state index in [0.29, 0.717) is 12.3 Å². The maximum Gasteiger partial charge on any atom is 0.331 e. The first-order chi connectivity index (χ1) is 8.74. The fraction of sp³-hybridized carbons (Fsp3) is 0.0714. The largest absolute Gasteiger partial charge is 0.457 e. The van der Waals surface area contributed by atoms with Crippen molar-refractivity contribution in [3.8, 4) is 0 Å². The Morgan fingerprint density at radius 3 is 2.94 bits per heavy atom. The van der Waals surface area contributed by atoms with Gasteiger partial charge >= 0.3 is 5.97 Å². The molecule has 0 spiro atoms. The maximum absolute atomic E-state index is 11.5. The van der Waals surface area contributed by atoms with Gasteiger partial charge in [0.2, 0.25) is 0 Å². The van der Waals surface area contributed by atoms with Crippen molar-refractivity contribution in [1.29, 1.82) is 0 Å². The summed E-state index contributed by atoms with van der Waals surface area (Å²) in [7, 11) is 0. The summed E-state index contributed by atoms with van der Waals surface area (Å²) in [5.74, 6) is -0.356. The zero-order valence-corrected chi connectivity index (χ0v) is 10.5. The molecule has 92 valence electrons. The van der Waals surface area contributed by atoms with Crippen LogP contribution in [-0.2, 0) is 16.1 Å². The molecule has 0 aliphatic rings. The van der Waals surface area contributed by atoms with Gasteiger partial charge in [-0.05, 0) is 35.2 Å². The lowest BCUT2D eigenvalue weighted by Crippen LogP contribution is -1.99. The number of hydrogen-bond acceptors (Lipinski definition) is 4. The third kappa shape index (κ3) is 3.75. The maximum atomic E-state index is 11.5. The van der Waals surface area contributed by atoms with Crippen LogP contribution < -0.4 is 5.73 Å². The molecular formula is C14H13NO2S. The first-order valence-electron chi connectivity index (χ1n) is 5.47. The Morgan fingerprint density at radius 1 is 1.33 bits per heavy atom. The Bertz CT molecular complexity index is 547. The van der Waals surface area contributed by atoms with Gasteiger partial charge < -0.3 is 10.5 Å². The van der Waals surface area contributed by atoms with Crippen molar-refractivity contribution in [3.63, 3.8) is 0 Å². The molecule has 0 atom stereocenters. The minimum Gasteiger partial charge on any atom is -0.457 e. The van der Waals surface area contributed by atoms with Crippen LogP contribution in [0.15, 0.2) is 47.9 Å². The third-order valence-corrected chi connectivity index (χ3v) is 3.11. The molecule has 18 heavy (non-hydrogen) atoms. The second kappa shape index (κ2) is 6.02. The molecule has 1 heterocycles. The van der Waals surface area contributed by atoms with Gasteiger partial charge in [0, 0.05) is 16.6 Å². The van der Waals surface area contributed by atoms with Crippen LogP contribution in [0.3, 0.4) is 0 Å². The molecule has 0 aliphatic carbocycles. The fourth-order valence-corrected chi connectivity index (χ4v) is 2.03. The quantitative estimate of drug-likeness (QED) is 0.521. The lowest BCUT2D eigenvalue weighted by Gasteiger charge is -1.99. The van der Waals surface area contributed by atoms with Gasteiger partial charge in [0.15, 0.2) is 0 Å². The van der Waals surface area contributed by atoms with E-state index in [9.17, 15) is 4.79 Å². The summed E-state index contributed by atoms with van der Waals surface area (Å²) in [6, 6.07) is 11.2. The van der Waals surface area contributed by atoms with Crippen LogP contribution in [0, 0.1) is 0 Å². The summed E-state index contributed by atoms with van der Waals surface area (Å²) in [6.45, 7) is 0.317. The number of nitrogens with two attached hydrogens (primary N) is 1. The molecule has 3 nitrogen and oxygen atoms in total. The average Bonchev–Trinajstić information content (AvgIpc) is 2.87. The van der Waals surface area contributed by atoms with Crippen LogP contribution in [-0.4, -0.2) is 5.97 Å². The standard InChI is InChI=1S/C14H13NO2S/c15-12-4-1-3-11(9-12)6-7-14(16)17-10-13-5-2-8-18-13/h1-9H,10,15H2/b7-6+. The summed E-state index contributed by atoms with van der Waals surface area (Å²) in [4.78, 5) is 12.5. The van der Waals surface area contributed by atoms with E-state index in [4.69, 9.17) is 10.5 Å². The number of anilines is 1. The molecule has 2 N–H and O–H groups in total. The van der Waals surface area contributed by atoms with Crippen LogP contribution in [0.4, 0.5) is 5.69 Å². The summed E-state index contributed by atoms with van der Waals surface area (Å²) >= 11 is 1.56. The molecule has 4 heteroatoms. The van der Waals surface area contributed by atoms with Crippen LogP contribution >= 0.6 is 11.3 Å². The van der Waals surface area contributed by atoms with Gasteiger partial charge in [-0.25, -0.2) is 4.79 Å². The van der Waals surface area contributed by atoms with E-state index >= 15 is 0 Å². The number of rotatable bonds is 4. The highest BCUT2D eigenvalue weighted by Crippen LogP contribution is 2.11. The normalized spacial score (nSPS) is 10.7. The van der Waals surface area contributed by atoms with E-state index in [-0.39, 0.29) is 5.97 Å². The SMILES string of the molecule is Nc1cccc(/C=C/C(=O)OCc2cccs2)c1. The Hall–Kier alpha value is -2.07. The Labute approximate surface area is 110 Å². The monoisotopic (exact) mass is 259 g/mol. The Balaban J connectivity index is 1.87. The molecule has 2 aromatic rings. The molecule has 1 aromatic heterocycles. The number of carbonyl (C=O) groups excluding carboxylic acids is 1. The molecule has 0 radical (unpaired) electrons. The van der Waals surface area contributed by atoms with Crippen molar-refractivity contribution >= 4 is 29.1 Å². The number of ether oxygens (including phenoxy) is 1. The topological polar surface area (TPSA) is 52.3 Å². The predicted octanol–water partition coefficient (Wildman–Crippen LogP) is 3.09. The van der Waals surface area contributed by atoms with Crippen molar-refractivity contribution < 1.29 is 9.53 Å². The lowest BCUT2D eigenvalue weighted by atomic mass is 10.2. The van der Waals surface area contributed by atoms with Gasteiger partial charge in [0.05, 0.1) is 0 Å². The van der Waals surface area contributed by atoms with E-state index in [1.807, 2.05) is 29.6 Å². The second-order valence-electron chi connectivity index (χ2n) is 3.69. The molecule has 0 saturated heterocycles. The zero-order valence-electron chi connectivity index (χ0n) is 9.71. The highest BCUT2D eigenvalue weighted by atomic mass is 32.1. The molecule has 2 rings (SSSR count). The van der Waals surface area contributed by atoms with Gasteiger partial charge in [0.1, 0.15) is 6.61 Å². The second-order valence-corrected chi connectivity index (χ2v) is 4.72. The highest BCUT2D eigenvalue weighted by molar-refractivity contribution is 7.09. The minimum absolute atomic E-state index is 0.317. The van der Waals surface area contributed by atoms with Crippen LogP contribution in [0.2, 0.25) is 0 Å². The van der Waals surface area contributed by atoms with Crippen LogP contribution in [0.1, 0.15) is 10.4 Å². The van der Waals surface area contributed by atoms with Gasteiger partial charge in [-0.3, -0.25) is 0 Å². The van der Waals surface area contributed by atoms with Crippen molar-refractivity contribution in [2.75, 3.05) is 5.73 Å². The Kier molecular flexibility index (Phi) is 4.15. The summed E-state index contributed by atoms with van der Waals surface area (Å²) in [6.07, 6.45) is 3.09. The predicted molar refractivity (Wildman–Crippen MR) is 74.0 cm³/mol. The molecule has 1 aromatic carbocycles. The molecule has 0 saturated carbocycles. The number of hydrogen-bond donors (Lipinski definition) is 1. The van der Waals surface area contributed by atoms with E-state index in [2.05, 4.69) is 0 Å². The fourth-order valence-electron chi connectivity index (χ4n) is 1.41. The van der Waals surface area contributed by atoms with Crippen LogP contribution in [0.5, 0.6) is 0 Å². The highest BCUT2D eigenvalue weighted by Gasteiger charge is 1.99. The lowest BCUT2D eigenvalue weighted by molar-refractivity contribution is -0.138. The van der Waals surface area contributed by atoms with Crippen molar-refractivity contribution in [2.45, 2.75) is 6.61 Å². The van der Waals surface area contributed by atoms with Gasteiger partial charge in [0.25, 0.3) is 0 Å². The smallest absolute Gasteiger partial charge is 0.331 e. The van der Waals surface area contributed by atoms with Crippen molar-refractivity contribution in [1.82, 2.24) is 0 Å². The summed E-state index contributed by atoms with van der Waals surface area (Å²) in [5.41, 5.74) is 7.19. The van der Waals surface area contributed by atoms with Gasteiger partial charge in [-0.2, -0.15) is 0 Å². The van der Waals surface area contributed by atoms with Gasteiger partial charge in [-0.1, -0.05) is 18.2 Å². The summed E-state index contributed by atoms with van der Waals surface area (Å²) in [5, 5.41) is 1.95. The van der Waals surface area contributed by atoms with E-state index in [1.165, 1.54) is 6.08 Å². The molecular weight excluding hydrogens is 246 g/mol. The van der Waals surface area contributed by atoms with Crippen molar-refractivity contribution in [2.24, 2.45) is 0 Å². The third-order valence-electron chi connectivity index (χ3n) is 2.26. The molecule has 0 unspecified atom stereocenters. The molecule has 0 amide bonds. The first-order valence-corrected chi connectivity index (χ1v) is 6.35. The number of carbonyl (C=O) groups is 1. The number of thiophene rings is 1. The number of nitrogen functional groups attached to an aromatic ring is 1. The average molecular weight is 259 g/mol. The molecule has 0 fully saturated rings. The summed E-state index contributed by atoms with van der Waals surface area (Å²) < 4.78 is 5.09. The number of benzene rings is 1. The zero-order chi connectivity index (χ0) is 12.8. The minimum atomic E-state index is -0.356. The first kappa shape index (κ1) is 12.4. The van der Waals surface area contributed by atoms with Crippen LogP contribution in [0.25, 0.3) is 6.08 Å². The van der Waals surface area contributed by atoms with E-state index in [0.717, 1.165) is 10.4 Å². The molecule has 0 bridgehead atoms. The van der Waals surface area contributed by atoms with Crippen molar-refractivity contribution in [3.05, 3.63) is 58.3 Å². The van der Waals surface area contributed by atoms with Gasteiger partial charge in [-0.15, -0.1) is 11.3 Å². The Morgan fingerprint density at radius 2 is 2.22 bits per heavy atom. The number of esters is 1. The van der Waals surface area contributed by atoms with E-state index in [1.54, 1.807) is 29.5 Å². The molecule has 0 aliphatic heterocycles.